The van der Waals surface area contributed by atoms with Crippen molar-refractivity contribution >= 4 is 23.4 Å². The van der Waals surface area contributed by atoms with E-state index in [0.717, 1.165) is 17.7 Å². The minimum absolute atomic E-state index is 0.124. The molecule has 0 bridgehead atoms. The van der Waals surface area contributed by atoms with Crippen molar-refractivity contribution in [3.8, 4) is 0 Å². The Hall–Kier alpha value is -2.37. The Labute approximate surface area is 165 Å². The van der Waals surface area contributed by atoms with Crippen molar-refractivity contribution in [1.82, 2.24) is 15.5 Å². The Morgan fingerprint density at radius 2 is 1.59 bits per heavy atom. The van der Waals surface area contributed by atoms with E-state index in [1.807, 2.05) is 38.4 Å². The van der Waals surface area contributed by atoms with E-state index < -0.39 is 0 Å². The highest BCUT2D eigenvalue weighted by Gasteiger charge is 2.17. The quantitative estimate of drug-likeness (QED) is 0.730. The van der Waals surface area contributed by atoms with Crippen LogP contribution in [0.4, 0.5) is 0 Å². The van der Waals surface area contributed by atoms with Gasteiger partial charge in [-0.15, -0.1) is 0 Å². The molecule has 0 saturated carbocycles. The maximum Gasteiger partial charge on any atom is 0.222 e. The van der Waals surface area contributed by atoms with Crippen molar-refractivity contribution in [3.63, 3.8) is 0 Å². The van der Waals surface area contributed by atoms with Crippen molar-refractivity contribution in [1.29, 1.82) is 0 Å². The first-order chi connectivity index (χ1) is 12.8. The van der Waals surface area contributed by atoms with Gasteiger partial charge in [-0.1, -0.05) is 48.0 Å². The minimum atomic E-state index is -0.387. The summed E-state index contributed by atoms with van der Waals surface area (Å²) < 4.78 is 0. The summed E-state index contributed by atoms with van der Waals surface area (Å²) in [6.45, 7) is 2.77. The molecule has 0 heterocycles. The van der Waals surface area contributed by atoms with Gasteiger partial charge in [-0.05, 0) is 42.9 Å². The monoisotopic (exact) mass is 387 g/mol. The topological polar surface area (TPSA) is 61.4 Å². The summed E-state index contributed by atoms with van der Waals surface area (Å²) in [5.74, 6) is -0.305. The van der Waals surface area contributed by atoms with Gasteiger partial charge in [0.2, 0.25) is 11.8 Å². The third-order valence-electron chi connectivity index (χ3n) is 4.05. The third kappa shape index (κ3) is 7.41. The fourth-order valence-corrected chi connectivity index (χ4v) is 2.90. The Kier molecular flexibility index (Phi) is 7.82. The lowest BCUT2D eigenvalue weighted by Crippen LogP contribution is -2.32. The minimum Gasteiger partial charge on any atom is -0.352 e. The number of amides is 2. The van der Waals surface area contributed by atoms with Gasteiger partial charge in [0.1, 0.15) is 0 Å². The average Bonchev–Trinajstić information content (AvgIpc) is 2.60. The maximum atomic E-state index is 12.4. The molecule has 0 radical (unpaired) electrons. The largest absolute Gasteiger partial charge is 0.352 e. The van der Waals surface area contributed by atoms with E-state index in [2.05, 4.69) is 27.7 Å². The zero-order chi connectivity index (χ0) is 19.8. The Morgan fingerprint density at radius 1 is 1.00 bits per heavy atom. The van der Waals surface area contributed by atoms with Crippen LogP contribution in [0.15, 0.2) is 48.5 Å². The molecular weight excluding hydrogens is 362 g/mol. The number of halogens is 1. The molecule has 2 aromatic carbocycles. The second-order valence-electron chi connectivity index (χ2n) is 6.84. The van der Waals surface area contributed by atoms with Gasteiger partial charge in [-0.2, -0.15) is 0 Å². The van der Waals surface area contributed by atoms with Crippen LogP contribution in [0.25, 0.3) is 0 Å². The molecule has 1 unspecified atom stereocenters. The molecule has 0 spiro atoms. The van der Waals surface area contributed by atoms with Crippen LogP contribution in [-0.2, 0) is 22.7 Å². The van der Waals surface area contributed by atoms with Crippen molar-refractivity contribution in [2.45, 2.75) is 32.5 Å². The van der Waals surface area contributed by atoms with Crippen molar-refractivity contribution < 1.29 is 9.59 Å². The van der Waals surface area contributed by atoms with Gasteiger partial charge in [0.15, 0.2) is 0 Å². The van der Waals surface area contributed by atoms with Gasteiger partial charge in [-0.25, -0.2) is 0 Å². The first kappa shape index (κ1) is 20.9. The summed E-state index contributed by atoms with van der Waals surface area (Å²) in [4.78, 5) is 26.0. The van der Waals surface area contributed by atoms with Crippen molar-refractivity contribution in [3.05, 3.63) is 70.2 Å². The molecule has 0 aromatic heterocycles. The van der Waals surface area contributed by atoms with Crippen LogP contribution in [0, 0.1) is 0 Å². The van der Waals surface area contributed by atoms with Crippen LogP contribution in [0.5, 0.6) is 0 Å². The maximum absolute atomic E-state index is 12.4. The number of rotatable bonds is 8. The molecule has 27 heavy (non-hydrogen) atoms. The van der Waals surface area contributed by atoms with E-state index in [-0.39, 0.29) is 24.3 Å². The number of hydrogen-bond donors (Lipinski definition) is 2. The van der Waals surface area contributed by atoms with Gasteiger partial charge in [0.05, 0.1) is 12.5 Å². The van der Waals surface area contributed by atoms with Gasteiger partial charge in [-0.3, -0.25) is 9.59 Å². The number of hydrogen-bond acceptors (Lipinski definition) is 3. The number of carbonyl (C=O) groups excluding carboxylic acids is 2. The Morgan fingerprint density at radius 3 is 2.15 bits per heavy atom. The van der Waals surface area contributed by atoms with E-state index in [1.165, 1.54) is 12.5 Å². The standard InChI is InChI=1S/C21H26ClN3O2/c1-15(26)24-20(18-8-10-19(22)11-9-18)12-21(27)23-13-16-4-6-17(7-5-16)14-25(2)3/h4-11,20H,12-14H2,1-3H3,(H,23,27)(H,24,26). The molecule has 0 aliphatic heterocycles. The molecule has 1 atom stereocenters. The number of nitrogens with zero attached hydrogens (tertiary/aromatic N) is 1. The summed E-state index contributed by atoms with van der Waals surface area (Å²) in [6.07, 6.45) is 0.167. The zero-order valence-electron chi connectivity index (χ0n) is 16.0. The number of carbonyl (C=O) groups is 2. The summed E-state index contributed by atoms with van der Waals surface area (Å²) in [6, 6.07) is 14.9. The highest BCUT2D eigenvalue weighted by molar-refractivity contribution is 6.30. The molecule has 0 saturated heterocycles. The Balaban J connectivity index is 1.93. The van der Waals surface area contributed by atoms with Crippen LogP contribution in [-0.4, -0.2) is 30.8 Å². The predicted octanol–water partition coefficient (Wildman–Crippen LogP) is 3.29. The van der Waals surface area contributed by atoms with Gasteiger partial charge in [0, 0.05) is 25.0 Å². The highest BCUT2D eigenvalue weighted by Crippen LogP contribution is 2.19. The lowest BCUT2D eigenvalue weighted by Gasteiger charge is -2.18. The zero-order valence-corrected chi connectivity index (χ0v) is 16.7. The molecular formula is C21H26ClN3O2. The number of nitrogens with one attached hydrogen (secondary N) is 2. The second kappa shape index (κ2) is 10.1. The van der Waals surface area contributed by atoms with Gasteiger partial charge >= 0.3 is 0 Å². The average molecular weight is 388 g/mol. The lowest BCUT2D eigenvalue weighted by molar-refractivity contribution is -0.122. The normalized spacial score (nSPS) is 11.9. The van der Waals surface area contributed by atoms with E-state index in [9.17, 15) is 9.59 Å². The Bertz CT molecular complexity index is 758. The van der Waals surface area contributed by atoms with Crippen LogP contribution in [0.3, 0.4) is 0 Å². The van der Waals surface area contributed by atoms with Crippen LogP contribution in [0.2, 0.25) is 5.02 Å². The molecule has 2 aromatic rings. The van der Waals surface area contributed by atoms with E-state index >= 15 is 0 Å². The molecule has 6 heteroatoms. The molecule has 2 N–H and O–H groups in total. The predicted molar refractivity (Wildman–Crippen MR) is 108 cm³/mol. The van der Waals surface area contributed by atoms with Gasteiger partial charge in [0.25, 0.3) is 0 Å². The molecule has 0 aliphatic rings. The molecule has 144 valence electrons. The van der Waals surface area contributed by atoms with Crippen LogP contribution < -0.4 is 10.6 Å². The molecule has 2 rings (SSSR count). The van der Waals surface area contributed by atoms with Gasteiger partial charge < -0.3 is 15.5 Å². The molecule has 0 aliphatic carbocycles. The lowest BCUT2D eigenvalue weighted by atomic mass is 10.0. The van der Waals surface area contributed by atoms with Crippen LogP contribution >= 0.6 is 11.6 Å². The fraction of sp³-hybridized carbons (Fsp3) is 0.333. The molecule has 5 nitrogen and oxygen atoms in total. The van der Waals surface area contributed by atoms with Crippen molar-refractivity contribution in [2.24, 2.45) is 0 Å². The highest BCUT2D eigenvalue weighted by atomic mass is 35.5. The molecule has 2 amide bonds. The summed E-state index contributed by atoms with van der Waals surface area (Å²) in [7, 11) is 4.06. The smallest absolute Gasteiger partial charge is 0.222 e. The SMILES string of the molecule is CC(=O)NC(CC(=O)NCc1ccc(CN(C)C)cc1)c1ccc(Cl)cc1. The van der Waals surface area contributed by atoms with Crippen LogP contribution in [0.1, 0.15) is 36.1 Å². The summed E-state index contributed by atoms with van der Waals surface area (Å²) in [5.41, 5.74) is 3.11. The second-order valence-corrected chi connectivity index (χ2v) is 7.28. The fourth-order valence-electron chi connectivity index (χ4n) is 2.78. The third-order valence-corrected chi connectivity index (χ3v) is 4.30. The molecule has 0 fully saturated rings. The first-order valence-corrected chi connectivity index (χ1v) is 9.23. The van der Waals surface area contributed by atoms with Crippen molar-refractivity contribution in [2.75, 3.05) is 14.1 Å². The first-order valence-electron chi connectivity index (χ1n) is 8.85. The van der Waals surface area contributed by atoms with E-state index in [0.29, 0.717) is 11.6 Å². The van der Waals surface area contributed by atoms with E-state index in [1.54, 1.807) is 12.1 Å². The van der Waals surface area contributed by atoms with E-state index in [4.69, 9.17) is 11.6 Å². The summed E-state index contributed by atoms with van der Waals surface area (Å²) >= 11 is 5.91. The number of benzene rings is 2. The summed E-state index contributed by atoms with van der Waals surface area (Å²) in [5, 5.41) is 6.35.